The van der Waals surface area contributed by atoms with Crippen molar-refractivity contribution >= 4 is 33.7 Å². The molecule has 0 bridgehead atoms. The van der Waals surface area contributed by atoms with E-state index in [-0.39, 0.29) is 5.76 Å². The van der Waals surface area contributed by atoms with Crippen molar-refractivity contribution in [2.45, 2.75) is 0 Å². The van der Waals surface area contributed by atoms with Crippen molar-refractivity contribution in [2.75, 3.05) is 6.61 Å². The van der Waals surface area contributed by atoms with E-state index in [1.165, 1.54) is 18.4 Å². The Bertz CT molecular complexity index is 684. The van der Waals surface area contributed by atoms with Gasteiger partial charge < -0.3 is 9.15 Å². The number of hydrogen-bond donors (Lipinski definition) is 2. The number of amides is 2. The molecular weight excluding hydrogens is 356 g/mol. The number of hydrogen-bond acceptors (Lipinski definition) is 5. The standard InChI is InChI=1S/C14H11BrN2O5/c15-10-5-2-1-4-9(10)13(19)17-16-12(18)8-22-14(20)11-6-3-7-21-11/h1-7H,8H2,(H,16,18)(H,17,19). The predicted molar refractivity (Wildman–Crippen MR) is 78.7 cm³/mol. The zero-order valence-electron chi connectivity index (χ0n) is 11.2. The van der Waals surface area contributed by atoms with Gasteiger partial charge in [-0.3, -0.25) is 20.4 Å². The second kappa shape index (κ2) is 7.41. The van der Waals surface area contributed by atoms with E-state index in [0.29, 0.717) is 10.0 Å². The number of nitrogens with one attached hydrogen (secondary N) is 2. The molecule has 0 unspecified atom stereocenters. The van der Waals surface area contributed by atoms with Crippen LogP contribution in [0.3, 0.4) is 0 Å². The molecule has 2 amide bonds. The zero-order valence-corrected chi connectivity index (χ0v) is 12.8. The molecule has 0 radical (unpaired) electrons. The van der Waals surface area contributed by atoms with Crippen LogP contribution in [0.1, 0.15) is 20.9 Å². The smallest absolute Gasteiger partial charge is 0.374 e. The van der Waals surface area contributed by atoms with Gasteiger partial charge in [-0.1, -0.05) is 12.1 Å². The predicted octanol–water partition coefficient (Wildman–Crippen LogP) is 1.66. The van der Waals surface area contributed by atoms with Gasteiger partial charge in [-0.2, -0.15) is 0 Å². The lowest BCUT2D eigenvalue weighted by atomic mass is 10.2. The van der Waals surface area contributed by atoms with Gasteiger partial charge in [0.25, 0.3) is 11.8 Å². The Hall–Kier alpha value is -2.61. The molecule has 7 nitrogen and oxygen atoms in total. The van der Waals surface area contributed by atoms with Crippen molar-refractivity contribution < 1.29 is 23.5 Å². The molecule has 0 aliphatic carbocycles. The quantitative estimate of drug-likeness (QED) is 0.633. The van der Waals surface area contributed by atoms with Crippen molar-refractivity contribution in [3.63, 3.8) is 0 Å². The van der Waals surface area contributed by atoms with Crippen molar-refractivity contribution in [1.82, 2.24) is 10.9 Å². The van der Waals surface area contributed by atoms with Gasteiger partial charge in [-0.25, -0.2) is 4.79 Å². The Morgan fingerprint density at radius 1 is 1.09 bits per heavy atom. The summed E-state index contributed by atoms with van der Waals surface area (Å²) in [7, 11) is 0. The number of halogens is 1. The fourth-order valence-corrected chi connectivity index (χ4v) is 1.94. The Kier molecular flexibility index (Phi) is 5.31. The summed E-state index contributed by atoms with van der Waals surface area (Å²) in [4.78, 5) is 34.7. The summed E-state index contributed by atoms with van der Waals surface area (Å²) in [6.45, 7) is -0.546. The van der Waals surface area contributed by atoms with E-state index in [0.717, 1.165) is 0 Å². The third-order valence-corrected chi connectivity index (χ3v) is 3.18. The van der Waals surface area contributed by atoms with Crippen LogP contribution in [-0.2, 0) is 9.53 Å². The average Bonchev–Trinajstić information content (AvgIpc) is 3.05. The third-order valence-electron chi connectivity index (χ3n) is 2.49. The van der Waals surface area contributed by atoms with E-state index >= 15 is 0 Å². The van der Waals surface area contributed by atoms with Crippen molar-refractivity contribution in [3.8, 4) is 0 Å². The minimum Gasteiger partial charge on any atom is -0.457 e. The highest BCUT2D eigenvalue weighted by molar-refractivity contribution is 9.10. The fraction of sp³-hybridized carbons (Fsp3) is 0.0714. The Morgan fingerprint density at radius 2 is 1.86 bits per heavy atom. The number of esters is 1. The molecule has 1 heterocycles. The van der Waals surface area contributed by atoms with E-state index < -0.39 is 24.4 Å². The number of carbonyl (C=O) groups excluding carboxylic acids is 3. The molecule has 0 aliphatic rings. The molecule has 0 spiro atoms. The molecule has 8 heteroatoms. The molecule has 0 aliphatic heterocycles. The highest BCUT2D eigenvalue weighted by Gasteiger charge is 2.14. The SMILES string of the molecule is O=C(COC(=O)c1ccco1)NNC(=O)c1ccccc1Br. The van der Waals surface area contributed by atoms with Crippen molar-refractivity contribution in [1.29, 1.82) is 0 Å². The van der Waals surface area contributed by atoms with Gasteiger partial charge in [0, 0.05) is 4.47 Å². The number of benzene rings is 1. The maximum Gasteiger partial charge on any atom is 0.374 e. The molecule has 0 saturated heterocycles. The van der Waals surface area contributed by atoms with Crippen molar-refractivity contribution in [2.24, 2.45) is 0 Å². The lowest BCUT2D eigenvalue weighted by Crippen LogP contribution is -2.43. The van der Waals surface area contributed by atoms with Crippen LogP contribution in [-0.4, -0.2) is 24.4 Å². The first kappa shape index (κ1) is 15.8. The highest BCUT2D eigenvalue weighted by Crippen LogP contribution is 2.15. The van der Waals surface area contributed by atoms with Gasteiger partial charge in [-0.05, 0) is 40.2 Å². The number of hydrazine groups is 1. The first-order valence-corrected chi connectivity index (χ1v) is 6.91. The first-order valence-electron chi connectivity index (χ1n) is 6.12. The van der Waals surface area contributed by atoms with E-state index in [2.05, 4.69) is 26.8 Å². The second-order valence-electron chi connectivity index (χ2n) is 4.04. The molecule has 2 rings (SSSR count). The molecule has 2 N–H and O–H groups in total. The summed E-state index contributed by atoms with van der Waals surface area (Å²) in [5, 5.41) is 0. The van der Waals surface area contributed by atoms with E-state index in [9.17, 15) is 14.4 Å². The molecule has 0 fully saturated rings. The summed E-state index contributed by atoms with van der Waals surface area (Å²) in [5.41, 5.74) is 4.71. The summed E-state index contributed by atoms with van der Waals surface area (Å²) in [5.74, 6) is -1.96. The molecule has 0 atom stereocenters. The fourth-order valence-electron chi connectivity index (χ4n) is 1.47. The van der Waals surface area contributed by atoms with Crippen LogP contribution in [0, 0.1) is 0 Å². The van der Waals surface area contributed by atoms with Crippen LogP contribution < -0.4 is 10.9 Å². The van der Waals surface area contributed by atoms with Gasteiger partial charge in [0.05, 0.1) is 11.8 Å². The summed E-state index contributed by atoms with van der Waals surface area (Å²) >= 11 is 3.22. The summed E-state index contributed by atoms with van der Waals surface area (Å²) < 4.78 is 10.1. The number of rotatable bonds is 4. The normalized spacial score (nSPS) is 9.86. The number of ether oxygens (including phenoxy) is 1. The first-order chi connectivity index (χ1) is 10.6. The van der Waals surface area contributed by atoms with Crippen LogP contribution in [0.5, 0.6) is 0 Å². The van der Waals surface area contributed by atoms with Gasteiger partial charge in [0.2, 0.25) is 5.76 Å². The Balaban J connectivity index is 1.77. The molecule has 2 aromatic rings. The Labute approximate surface area is 133 Å². The van der Waals surface area contributed by atoms with Crippen LogP contribution in [0.15, 0.2) is 51.6 Å². The summed E-state index contributed by atoms with van der Waals surface area (Å²) in [6, 6.07) is 9.66. The van der Waals surface area contributed by atoms with E-state index in [4.69, 9.17) is 9.15 Å². The topological polar surface area (TPSA) is 97.6 Å². The molecule has 1 aromatic heterocycles. The lowest BCUT2D eigenvalue weighted by molar-refractivity contribution is -0.125. The van der Waals surface area contributed by atoms with Gasteiger partial charge in [0.15, 0.2) is 6.61 Å². The lowest BCUT2D eigenvalue weighted by Gasteiger charge is -2.08. The molecule has 114 valence electrons. The third kappa shape index (κ3) is 4.19. The molecule has 22 heavy (non-hydrogen) atoms. The van der Waals surface area contributed by atoms with Gasteiger partial charge >= 0.3 is 5.97 Å². The molecule has 0 saturated carbocycles. The van der Waals surface area contributed by atoms with Crippen LogP contribution in [0.25, 0.3) is 0 Å². The number of furan rings is 1. The Morgan fingerprint density at radius 3 is 2.55 bits per heavy atom. The maximum absolute atomic E-state index is 11.8. The second-order valence-corrected chi connectivity index (χ2v) is 4.89. The van der Waals surface area contributed by atoms with Crippen LogP contribution in [0.2, 0.25) is 0 Å². The number of carbonyl (C=O) groups is 3. The van der Waals surface area contributed by atoms with E-state index in [1.54, 1.807) is 24.3 Å². The van der Waals surface area contributed by atoms with Crippen LogP contribution >= 0.6 is 15.9 Å². The molecular formula is C14H11BrN2O5. The minimum absolute atomic E-state index is 0.00921. The highest BCUT2D eigenvalue weighted by atomic mass is 79.9. The maximum atomic E-state index is 11.8. The zero-order chi connectivity index (χ0) is 15.9. The largest absolute Gasteiger partial charge is 0.457 e. The van der Waals surface area contributed by atoms with Gasteiger partial charge in [-0.15, -0.1) is 0 Å². The van der Waals surface area contributed by atoms with E-state index in [1.807, 2.05) is 0 Å². The average molecular weight is 367 g/mol. The minimum atomic E-state index is -0.766. The van der Waals surface area contributed by atoms with Crippen LogP contribution in [0.4, 0.5) is 0 Å². The van der Waals surface area contributed by atoms with Crippen molar-refractivity contribution in [3.05, 3.63) is 58.5 Å². The molecule has 1 aromatic carbocycles. The summed E-state index contributed by atoms with van der Waals surface area (Å²) in [6.07, 6.45) is 1.31. The monoisotopic (exact) mass is 366 g/mol. The van der Waals surface area contributed by atoms with Gasteiger partial charge in [0.1, 0.15) is 0 Å².